The smallest absolute Gasteiger partial charge is 0.183 e. The Kier molecular flexibility index (Phi) is 3.38. The van der Waals surface area contributed by atoms with Gasteiger partial charge in [-0.25, -0.2) is 4.98 Å². The maximum absolute atomic E-state index is 4.49. The fourth-order valence-corrected chi connectivity index (χ4v) is 2.31. The number of thiazole rings is 1. The summed E-state index contributed by atoms with van der Waals surface area (Å²) in [4.78, 5) is 4.49. The van der Waals surface area contributed by atoms with Gasteiger partial charge in [0.05, 0.1) is 5.69 Å². The van der Waals surface area contributed by atoms with Crippen molar-refractivity contribution in [2.45, 2.75) is 6.92 Å². The van der Waals surface area contributed by atoms with E-state index in [1.165, 1.54) is 0 Å². The maximum atomic E-state index is 4.49. The molecule has 0 atom stereocenters. The normalized spacial score (nSPS) is 10.3. The number of hydrogen-bond acceptors (Lipinski definition) is 3. The van der Waals surface area contributed by atoms with Crippen molar-refractivity contribution in [1.29, 1.82) is 0 Å². The maximum Gasteiger partial charge on any atom is 0.183 e. The second-order valence-electron chi connectivity index (χ2n) is 3.08. The van der Waals surface area contributed by atoms with Crippen LogP contribution in [0.1, 0.15) is 6.92 Å². The van der Waals surface area contributed by atoms with Gasteiger partial charge in [-0.2, -0.15) is 0 Å². The average Bonchev–Trinajstić information content (AvgIpc) is 2.68. The molecule has 0 aliphatic carbocycles. The summed E-state index contributed by atoms with van der Waals surface area (Å²) in [7, 11) is 0. The molecule has 0 bridgehead atoms. The van der Waals surface area contributed by atoms with Gasteiger partial charge in [-0.05, 0) is 19.1 Å². The van der Waals surface area contributed by atoms with E-state index in [0.717, 1.165) is 27.4 Å². The van der Waals surface area contributed by atoms with Gasteiger partial charge in [0, 0.05) is 22.0 Å². The molecule has 15 heavy (non-hydrogen) atoms. The third-order valence-electron chi connectivity index (χ3n) is 1.97. The third kappa shape index (κ3) is 2.58. The molecule has 1 heterocycles. The lowest BCUT2D eigenvalue weighted by molar-refractivity contribution is 1.19. The molecular formula is C11H11BrN2S. The van der Waals surface area contributed by atoms with Crippen LogP contribution in [0.3, 0.4) is 0 Å². The molecule has 0 amide bonds. The fraction of sp³-hybridized carbons (Fsp3) is 0.182. The van der Waals surface area contributed by atoms with Crippen LogP contribution in [0.25, 0.3) is 11.3 Å². The predicted molar refractivity (Wildman–Crippen MR) is 69.4 cm³/mol. The van der Waals surface area contributed by atoms with Crippen LogP contribution < -0.4 is 5.32 Å². The monoisotopic (exact) mass is 282 g/mol. The van der Waals surface area contributed by atoms with E-state index in [0.29, 0.717) is 0 Å². The molecule has 0 saturated heterocycles. The van der Waals surface area contributed by atoms with E-state index in [1.807, 2.05) is 12.1 Å². The van der Waals surface area contributed by atoms with E-state index in [4.69, 9.17) is 0 Å². The van der Waals surface area contributed by atoms with Crippen molar-refractivity contribution in [3.63, 3.8) is 0 Å². The summed E-state index contributed by atoms with van der Waals surface area (Å²) in [5, 5.41) is 6.26. The highest BCUT2D eigenvalue weighted by atomic mass is 79.9. The van der Waals surface area contributed by atoms with Crippen LogP contribution in [0.5, 0.6) is 0 Å². The van der Waals surface area contributed by atoms with Gasteiger partial charge >= 0.3 is 0 Å². The Balaban J connectivity index is 2.25. The number of nitrogens with zero attached hydrogens (tertiary/aromatic N) is 1. The van der Waals surface area contributed by atoms with Crippen molar-refractivity contribution in [2.24, 2.45) is 0 Å². The average molecular weight is 283 g/mol. The first-order chi connectivity index (χ1) is 7.29. The Labute approximate surface area is 101 Å². The molecule has 2 rings (SSSR count). The lowest BCUT2D eigenvalue weighted by atomic mass is 10.2. The van der Waals surface area contributed by atoms with Crippen LogP contribution in [0, 0.1) is 0 Å². The van der Waals surface area contributed by atoms with Gasteiger partial charge in [0.25, 0.3) is 0 Å². The van der Waals surface area contributed by atoms with Crippen LogP contribution in [-0.2, 0) is 0 Å². The Morgan fingerprint density at radius 1 is 1.33 bits per heavy atom. The highest BCUT2D eigenvalue weighted by molar-refractivity contribution is 9.10. The standard InChI is InChI=1S/C11H11BrN2S/c1-2-13-11-14-10(7-15-11)8-3-5-9(12)6-4-8/h3-7H,2H2,1H3,(H,13,14). The molecule has 1 N–H and O–H groups in total. The van der Waals surface area contributed by atoms with Gasteiger partial charge in [-0.1, -0.05) is 28.1 Å². The zero-order chi connectivity index (χ0) is 10.7. The molecule has 1 aromatic heterocycles. The molecule has 0 saturated carbocycles. The zero-order valence-corrected chi connectivity index (χ0v) is 10.7. The van der Waals surface area contributed by atoms with Crippen LogP contribution >= 0.6 is 27.3 Å². The summed E-state index contributed by atoms with van der Waals surface area (Å²) in [5.41, 5.74) is 2.18. The van der Waals surface area contributed by atoms with Crippen molar-refractivity contribution >= 4 is 32.4 Å². The van der Waals surface area contributed by atoms with E-state index in [9.17, 15) is 0 Å². The second kappa shape index (κ2) is 4.77. The first-order valence-electron chi connectivity index (χ1n) is 4.75. The van der Waals surface area contributed by atoms with Crippen LogP contribution in [0.15, 0.2) is 34.1 Å². The van der Waals surface area contributed by atoms with Gasteiger partial charge in [0.1, 0.15) is 0 Å². The van der Waals surface area contributed by atoms with E-state index in [1.54, 1.807) is 11.3 Å². The number of hydrogen-bond donors (Lipinski definition) is 1. The Bertz CT molecular complexity index is 436. The molecule has 0 radical (unpaired) electrons. The Morgan fingerprint density at radius 3 is 2.73 bits per heavy atom. The number of halogens is 1. The second-order valence-corrected chi connectivity index (χ2v) is 4.85. The largest absolute Gasteiger partial charge is 0.362 e. The van der Waals surface area contributed by atoms with Crippen molar-refractivity contribution in [3.05, 3.63) is 34.1 Å². The van der Waals surface area contributed by atoms with Crippen molar-refractivity contribution in [1.82, 2.24) is 4.98 Å². The summed E-state index contributed by atoms with van der Waals surface area (Å²) >= 11 is 5.06. The first-order valence-corrected chi connectivity index (χ1v) is 6.42. The molecule has 0 aliphatic rings. The van der Waals surface area contributed by atoms with Gasteiger partial charge in [0.15, 0.2) is 5.13 Å². The lowest BCUT2D eigenvalue weighted by Gasteiger charge is -1.97. The molecular weight excluding hydrogens is 272 g/mol. The molecule has 0 unspecified atom stereocenters. The summed E-state index contributed by atoms with van der Waals surface area (Å²) < 4.78 is 1.09. The number of anilines is 1. The number of nitrogens with one attached hydrogen (secondary N) is 1. The number of aromatic nitrogens is 1. The molecule has 4 heteroatoms. The SMILES string of the molecule is CCNc1nc(-c2ccc(Br)cc2)cs1. The molecule has 0 spiro atoms. The van der Waals surface area contributed by atoms with Gasteiger partial charge in [-0.3, -0.25) is 0 Å². The highest BCUT2D eigenvalue weighted by Crippen LogP contribution is 2.25. The molecule has 0 aliphatic heterocycles. The predicted octanol–water partition coefficient (Wildman–Crippen LogP) is 4.00. The molecule has 0 fully saturated rings. The molecule has 1 aromatic carbocycles. The Morgan fingerprint density at radius 2 is 2.07 bits per heavy atom. The summed E-state index contributed by atoms with van der Waals surface area (Å²) in [6, 6.07) is 8.19. The highest BCUT2D eigenvalue weighted by Gasteiger charge is 2.02. The first kappa shape index (κ1) is 10.6. The van der Waals surface area contributed by atoms with Crippen LogP contribution in [-0.4, -0.2) is 11.5 Å². The van der Waals surface area contributed by atoms with E-state index in [-0.39, 0.29) is 0 Å². The third-order valence-corrected chi connectivity index (χ3v) is 3.30. The van der Waals surface area contributed by atoms with Crippen LogP contribution in [0.2, 0.25) is 0 Å². The summed E-state index contributed by atoms with van der Waals surface area (Å²) in [6.07, 6.45) is 0. The summed E-state index contributed by atoms with van der Waals surface area (Å²) in [5.74, 6) is 0. The lowest BCUT2D eigenvalue weighted by Crippen LogP contribution is -1.94. The molecule has 2 nitrogen and oxygen atoms in total. The van der Waals surface area contributed by atoms with E-state index in [2.05, 4.69) is 50.7 Å². The summed E-state index contributed by atoms with van der Waals surface area (Å²) in [6.45, 7) is 2.98. The molecule has 2 aromatic rings. The number of benzene rings is 1. The zero-order valence-electron chi connectivity index (χ0n) is 8.33. The van der Waals surface area contributed by atoms with Crippen molar-refractivity contribution in [2.75, 3.05) is 11.9 Å². The number of rotatable bonds is 3. The minimum Gasteiger partial charge on any atom is -0.362 e. The topological polar surface area (TPSA) is 24.9 Å². The van der Waals surface area contributed by atoms with E-state index >= 15 is 0 Å². The van der Waals surface area contributed by atoms with E-state index < -0.39 is 0 Å². The van der Waals surface area contributed by atoms with Crippen LogP contribution in [0.4, 0.5) is 5.13 Å². The minimum atomic E-state index is 0.910. The Hall–Kier alpha value is -0.870. The van der Waals surface area contributed by atoms with Gasteiger partial charge < -0.3 is 5.32 Å². The van der Waals surface area contributed by atoms with Crippen molar-refractivity contribution < 1.29 is 0 Å². The minimum absolute atomic E-state index is 0.910. The van der Waals surface area contributed by atoms with Gasteiger partial charge in [-0.15, -0.1) is 11.3 Å². The fourth-order valence-electron chi connectivity index (χ4n) is 1.26. The quantitative estimate of drug-likeness (QED) is 0.920. The van der Waals surface area contributed by atoms with Gasteiger partial charge in [0.2, 0.25) is 0 Å². The van der Waals surface area contributed by atoms with Crippen molar-refractivity contribution in [3.8, 4) is 11.3 Å². The molecule has 78 valence electrons.